The second-order valence-electron chi connectivity index (χ2n) is 11.2. The standard InChI is InChI=1S/C33H40ClN5O3/c1-21(40)36-16-15-23-20-37-29-14-11-22(18-27(23)29)28(9-4-2-3-7-17-42-33(35)41)39-32-25-8-5-6-10-30(25)38-31-19-24(34)12-13-26(31)32/h11-14,18-20,28,37H,2-10,15-17H2,1H3,(H2,35,41)(H,36,40)(H,38,39). The number of hydrogen-bond acceptors (Lipinski definition) is 5. The van der Waals surface area contributed by atoms with Crippen LogP contribution in [0.15, 0.2) is 42.6 Å². The molecular formula is C33H40ClN5O3. The van der Waals surface area contributed by atoms with Gasteiger partial charge in [-0.05, 0) is 92.0 Å². The molecule has 8 nitrogen and oxygen atoms in total. The van der Waals surface area contributed by atoms with Crippen LogP contribution in [0.5, 0.6) is 0 Å². The number of rotatable bonds is 13. The van der Waals surface area contributed by atoms with Gasteiger partial charge in [-0.1, -0.05) is 36.9 Å². The van der Waals surface area contributed by atoms with Gasteiger partial charge in [0.15, 0.2) is 0 Å². The van der Waals surface area contributed by atoms with Gasteiger partial charge < -0.3 is 26.1 Å². The maximum atomic E-state index is 11.4. The van der Waals surface area contributed by atoms with Crippen LogP contribution in [0.3, 0.4) is 0 Å². The molecule has 0 spiro atoms. The number of unbranched alkanes of at least 4 members (excludes halogenated alkanes) is 3. The van der Waals surface area contributed by atoms with Crippen molar-refractivity contribution in [2.24, 2.45) is 5.73 Å². The molecule has 5 rings (SSSR count). The first-order valence-electron chi connectivity index (χ1n) is 15.0. The number of carbonyl (C=O) groups excluding carboxylic acids is 2. The number of aromatic nitrogens is 2. The van der Waals surface area contributed by atoms with Crippen LogP contribution < -0.4 is 16.4 Å². The van der Waals surface area contributed by atoms with Crippen molar-refractivity contribution in [3.05, 3.63) is 70.0 Å². The van der Waals surface area contributed by atoms with Crippen molar-refractivity contribution in [1.29, 1.82) is 0 Å². The zero-order valence-corrected chi connectivity index (χ0v) is 25.0. The summed E-state index contributed by atoms with van der Waals surface area (Å²) in [6.07, 6.45) is 11.2. The Kier molecular flexibility index (Phi) is 9.85. The number of aryl methyl sites for hydroxylation is 1. The van der Waals surface area contributed by atoms with E-state index in [0.29, 0.717) is 18.2 Å². The number of nitrogens with two attached hydrogens (primary N) is 1. The van der Waals surface area contributed by atoms with E-state index in [4.69, 9.17) is 27.1 Å². The monoisotopic (exact) mass is 589 g/mol. The van der Waals surface area contributed by atoms with E-state index < -0.39 is 6.09 Å². The summed E-state index contributed by atoms with van der Waals surface area (Å²) in [6, 6.07) is 12.7. The van der Waals surface area contributed by atoms with E-state index in [1.54, 1.807) is 6.92 Å². The van der Waals surface area contributed by atoms with Crippen LogP contribution in [-0.2, 0) is 28.8 Å². The fraction of sp³-hybridized carbons (Fsp3) is 0.424. The highest BCUT2D eigenvalue weighted by Gasteiger charge is 2.22. The molecule has 2 heterocycles. The highest BCUT2D eigenvalue weighted by Crippen LogP contribution is 2.38. The summed E-state index contributed by atoms with van der Waals surface area (Å²) in [4.78, 5) is 30.7. The lowest BCUT2D eigenvalue weighted by atomic mass is 9.91. The van der Waals surface area contributed by atoms with Gasteiger partial charge in [0, 0.05) is 52.4 Å². The third-order valence-electron chi connectivity index (χ3n) is 8.14. The fourth-order valence-electron chi connectivity index (χ4n) is 6.03. The Morgan fingerprint density at radius 3 is 2.74 bits per heavy atom. The summed E-state index contributed by atoms with van der Waals surface area (Å²) in [5.74, 6) is -0.0184. The van der Waals surface area contributed by atoms with Gasteiger partial charge in [-0.3, -0.25) is 9.78 Å². The smallest absolute Gasteiger partial charge is 0.404 e. The minimum Gasteiger partial charge on any atom is -0.450 e. The molecule has 0 radical (unpaired) electrons. The van der Waals surface area contributed by atoms with Gasteiger partial charge in [0.1, 0.15) is 0 Å². The van der Waals surface area contributed by atoms with E-state index in [-0.39, 0.29) is 11.9 Å². The van der Waals surface area contributed by atoms with Crippen LogP contribution in [0, 0.1) is 0 Å². The minimum absolute atomic E-state index is 0.0184. The number of carbonyl (C=O) groups is 2. The summed E-state index contributed by atoms with van der Waals surface area (Å²) >= 11 is 6.39. The summed E-state index contributed by atoms with van der Waals surface area (Å²) in [5, 5.41) is 9.89. The van der Waals surface area contributed by atoms with Crippen LogP contribution in [0.25, 0.3) is 21.8 Å². The SMILES string of the molecule is CC(=O)NCCc1c[nH]c2ccc(C(CCCCCCOC(N)=O)Nc3c4c(nc5cc(Cl)ccc35)CCCC4)cc12. The second kappa shape index (κ2) is 13.9. The Bertz CT molecular complexity index is 1570. The highest BCUT2D eigenvalue weighted by atomic mass is 35.5. The van der Waals surface area contributed by atoms with E-state index in [1.165, 1.54) is 33.5 Å². The van der Waals surface area contributed by atoms with Crippen molar-refractivity contribution in [1.82, 2.24) is 15.3 Å². The van der Waals surface area contributed by atoms with Gasteiger partial charge in [-0.25, -0.2) is 4.79 Å². The van der Waals surface area contributed by atoms with Crippen LogP contribution in [-0.4, -0.2) is 35.1 Å². The zero-order valence-electron chi connectivity index (χ0n) is 24.2. The molecule has 1 aliphatic rings. The lowest BCUT2D eigenvalue weighted by Crippen LogP contribution is -2.22. The van der Waals surface area contributed by atoms with Crippen molar-refractivity contribution < 1.29 is 14.3 Å². The van der Waals surface area contributed by atoms with E-state index in [1.807, 2.05) is 18.3 Å². The zero-order chi connectivity index (χ0) is 29.5. The molecule has 0 saturated heterocycles. The number of pyridine rings is 1. The van der Waals surface area contributed by atoms with E-state index in [0.717, 1.165) is 80.6 Å². The topological polar surface area (TPSA) is 122 Å². The van der Waals surface area contributed by atoms with Gasteiger partial charge in [-0.15, -0.1) is 0 Å². The number of anilines is 1. The van der Waals surface area contributed by atoms with Gasteiger partial charge in [0.2, 0.25) is 5.91 Å². The molecule has 2 amide bonds. The number of fused-ring (bicyclic) bond motifs is 3. The van der Waals surface area contributed by atoms with Crippen molar-refractivity contribution in [2.75, 3.05) is 18.5 Å². The number of ether oxygens (including phenoxy) is 1. The molecule has 0 aliphatic heterocycles. The molecule has 9 heteroatoms. The molecule has 2 aromatic heterocycles. The number of amides is 2. The van der Waals surface area contributed by atoms with Gasteiger partial charge in [0.05, 0.1) is 18.2 Å². The number of halogens is 1. The van der Waals surface area contributed by atoms with Crippen molar-refractivity contribution in [3.8, 4) is 0 Å². The average molecular weight is 590 g/mol. The molecule has 1 atom stereocenters. The number of primary amides is 1. The number of nitrogens with zero attached hydrogens (tertiary/aromatic N) is 1. The maximum absolute atomic E-state index is 11.4. The van der Waals surface area contributed by atoms with Crippen LogP contribution in [0.4, 0.5) is 10.5 Å². The number of aromatic amines is 1. The number of nitrogens with one attached hydrogen (secondary N) is 3. The molecule has 1 unspecified atom stereocenters. The Labute approximate surface area is 251 Å². The quantitative estimate of drug-likeness (QED) is 0.124. The second-order valence-corrected chi connectivity index (χ2v) is 11.6. The number of H-pyrrole nitrogens is 1. The third-order valence-corrected chi connectivity index (χ3v) is 8.37. The Hall–Kier alpha value is -3.78. The molecular weight excluding hydrogens is 550 g/mol. The molecule has 0 bridgehead atoms. The number of hydrogen-bond donors (Lipinski definition) is 4. The van der Waals surface area contributed by atoms with E-state index in [9.17, 15) is 9.59 Å². The molecule has 0 fully saturated rings. The van der Waals surface area contributed by atoms with Gasteiger partial charge in [-0.2, -0.15) is 0 Å². The maximum Gasteiger partial charge on any atom is 0.404 e. The molecule has 42 heavy (non-hydrogen) atoms. The van der Waals surface area contributed by atoms with Crippen LogP contribution in [0.1, 0.15) is 80.3 Å². The van der Waals surface area contributed by atoms with Crippen LogP contribution in [0.2, 0.25) is 5.02 Å². The van der Waals surface area contributed by atoms with Gasteiger partial charge >= 0.3 is 6.09 Å². The Morgan fingerprint density at radius 2 is 1.90 bits per heavy atom. The van der Waals surface area contributed by atoms with Crippen LogP contribution >= 0.6 is 11.6 Å². The lowest BCUT2D eigenvalue weighted by Gasteiger charge is -2.27. The summed E-state index contributed by atoms with van der Waals surface area (Å²) in [7, 11) is 0. The summed E-state index contributed by atoms with van der Waals surface area (Å²) in [5.41, 5.74) is 13.2. The fourth-order valence-corrected chi connectivity index (χ4v) is 6.20. The largest absolute Gasteiger partial charge is 0.450 e. The van der Waals surface area contributed by atoms with Crippen molar-refractivity contribution >= 4 is 51.1 Å². The molecule has 0 saturated carbocycles. The molecule has 5 N–H and O–H groups in total. The first-order valence-corrected chi connectivity index (χ1v) is 15.4. The van der Waals surface area contributed by atoms with E-state index >= 15 is 0 Å². The predicted octanol–water partition coefficient (Wildman–Crippen LogP) is 7.13. The lowest BCUT2D eigenvalue weighted by molar-refractivity contribution is -0.118. The van der Waals surface area contributed by atoms with E-state index in [2.05, 4.69) is 39.9 Å². The molecule has 2 aromatic carbocycles. The Balaban J connectivity index is 1.44. The molecule has 1 aliphatic carbocycles. The summed E-state index contributed by atoms with van der Waals surface area (Å²) in [6.45, 7) is 2.51. The minimum atomic E-state index is -0.718. The van der Waals surface area contributed by atoms with Crippen molar-refractivity contribution in [2.45, 2.75) is 77.2 Å². The predicted molar refractivity (Wildman–Crippen MR) is 169 cm³/mol. The first kappa shape index (κ1) is 29.7. The average Bonchev–Trinajstić information content (AvgIpc) is 3.37. The Morgan fingerprint density at radius 1 is 1.07 bits per heavy atom. The highest BCUT2D eigenvalue weighted by molar-refractivity contribution is 6.31. The van der Waals surface area contributed by atoms with Crippen molar-refractivity contribution in [3.63, 3.8) is 0 Å². The van der Waals surface area contributed by atoms with Gasteiger partial charge in [0.25, 0.3) is 0 Å². The molecule has 4 aromatic rings. The molecule has 222 valence electrons. The normalized spacial score (nSPS) is 13.6. The first-order chi connectivity index (χ1) is 20.4. The summed E-state index contributed by atoms with van der Waals surface area (Å²) < 4.78 is 4.89. The number of benzene rings is 2. The third kappa shape index (κ3) is 7.34.